The van der Waals surface area contributed by atoms with Crippen molar-refractivity contribution in [1.82, 2.24) is 4.90 Å². The van der Waals surface area contributed by atoms with Crippen LogP contribution in [0.15, 0.2) is 18.2 Å². The molecule has 0 heterocycles. The summed E-state index contributed by atoms with van der Waals surface area (Å²) in [6.45, 7) is 7.36. The second-order valence-electron chi connectivity index (χ2n) is 5.84. The number of hydrogen-bond acceptors (Lipinski definition) is 4. The third-order valence-corrected chi connectivity index (χ3v) is 3.59. The number of benzene rings is 1. The second-order valence-corrected chi connectivity index (χ2v) is 5.84. The summed E-state index contributed by atoms with van der Waals surface area (Å²) in [4.78, 5) is 2.26. The Morgan fingerprint density at radius 1 is 1.25 bits per heavy atom. The third kappa shape index (κ3) is 4.82. The molecule has 0 saturated heterocycles. The van der Waals surface area contributed by atoms with Crippen molar-refractivity contribution >= 4 is 12.6 Å². The molecule has 1 aromatic carbocycles. The minimum Gasteiger partial charge on any atom is -0.496 e. The lowest BCUT2D eigenvalue weighted by atomic mass is 9.79. The predicted octanol–water partition coefficient (Wildman–Crippen LogP) is 1.24. The maximum atomic E-state index is 9.28. The van der Waals surface area contributed by atoms with Crippen LogP contribution < -0.4 is 10.2 Å². The van der Waals surface area contributed by atoms with Crippen LogP contribution in [-0.4, -0.2) is 42.3 Å². The Bertz CT molecular complexity index is 424. The van der Waals surface area contributed by atoms with Gasteiger partial charge < -0.3 is 14.8 Å². The van der Waals surface area contributed by atoms with Crippen molar-refractivity contribution in [3.8, 4) is 5.75 Å². The first-order chi connectivity index (χ1) is 9.35. The van der Waals surface area contributed by atoms with E-state index in [-0.39, 0.29) is 0 Å². The molecule has 5 heteroatoms. The zero-order valence-corrected chi connectivity index (χ0v) is 13.1. The van der Waals surface area contributed by atoms with Crippen molar-refractivity contribution in [3.63, 3.8) is 0 Å². The number of rotatable bonds is 7. The van der Waals surface area contributed by atoms with Gasteiger partial charge >= 0.3 is 7.12 Å². The van der Waals surface area contributed by atoms with Gasteiger partial charge in [-0.15, -0.1) is 0 Å². The normalized spacial score (nSPS) is 12.8. The van der Waals surface area contributed by atoms with Crippen molar-refractivity contribution in [3.05, 3.63) is 23.8 Å². The van der Waals surface area contributed by atoms with Gasteiger partial charge in [-0.2, -0.15) is 0 Å². The minimum atomic E-state index is -1.45. The second kappa shape index (κ2) is 7.67. The molecule has 1 aromatic rings. The first-order valence-corrected chi connectivity index (χ1v) is 7.08. The smallest absolute Gasteiger partial charge is 0.488 e. The van der Waals surface area contributed by atoms with Crippen LogP contribution in [0, 0.1) is 5.92 Å². The zero-order valence-electron chi connectivity index (χ0n) is 13.1. The Hall–Kier alpha value is -1.04. The fourth-order valence-corrected chi connectivity index (χ4v) is 2.37. The molecule has 0 aliphatic carbocycles. The van der Waals surface area contributed by atoms with Crippen LogP contribution in [0.1, 0.15) is 32.8 Å². The van der Waals surface area contributed by atoms with Crippen LogP contribution in [0.5, 0.6) is 5.75 Å². The van der Waals surface area contributed by atoms with Gasteiger partial charge in [0.15, 0.2) is 0 Å². The number of hydrogen-bond donors (Lipinski definition) is 2. The summed E-state index contributed by atoms with van der Waals surface area (Å²) in [6, 6.07) is 5.71. The van der Waals surface area contributed by atoms with Gasteiger partial charge in [-0.25, -0.2) is 0 Å². The lowest BCUT2D eigenvalue weighted by molar-refractivity contribution is 0.218. The molecule has 0 bridgehead atoms. The molecule has 0 saturated carbocycles. The SMILES string of the molecule is COc1ccc(B(O)O)cc1CN(C)C(C)CC(C)C. The molecule has 1 unspecified atom stereocenters. The van der Waals surface area contributed by atoms with Crippen molar-refractivity contribution in [2.75, 3.05) is 14.2 Å². The monoisotopic (exact) mass is 279 g/mol. The maximum absolute atomic E-state index is 9.28. The minimum absolute atomic E-state index is 0.461. The molecular weight excluding hydrogens is 253 g/mol. The number of ether oxygens (including phenoxy) is 1. The van der Waals surface area contributed by atoms with Gasteiger partial charge in [0.2, 0.25) is 0 Å². The highest BCUT2D eigenvalue weighted by Crippen LogP contribution is 2.20. The maximum Gasteiger partial charge on any atom is 0.488 e. The average molecular weight is 279 g/mol. The summed E-state index contributed by atoms with van der Waals surface area (Å²) >= 11 is 0. The molecule has 112 valence electrons. The zero-order chi connectivity index (χ0) is 15.3. The Morgan fingerprint density at radius 2 is 1.90 bits per heavy atom. The molecule has 0 aliphatic rings. The lowest BCUT2D eigenvalue weighted by Gasteiger charge is -2.27. The quantitative estimate of drug-likeness (QED) is 0.737. The highest BCUT2D eigenvalue weighted by Gasteiger charge is 2.17. The Morgan fingerprint density at radius 3 is 2.40 bits per heavy atom. The molecule has 0 radical (unpaired) electrons. The van der Waals surface area contributed by atoms with Gasteiger partial charge in [-0.3, -0.25) is 4.90 Å². The Balaban J connectivity index is 2.86. The molecule has 1 rings (SSSR count). The molecule has 0 spiro atoms. The average Bonchev–Trinajstić information content (AvgIpc) is 2.37. The van der Waals surface area contributed by atoms with Gasteiger partial charge in [0.05, 0.1) is 7.11 Å². The lowest BCUT2D eigenvalue weighted by Crippen LogP contribution is -2.32. The van der Waals surface area contributed by atoms with Gasteiger partial charge in [-0.05, 0) is 37.8 Å². The summed E-state index contributed by atoms with van der Waals surface area (Å²) < 4.78 is 5.35. The predicted molar refractivity (Wildman–Crippen MR) is 83.2 cm³/mol. The van der Waals surface area contributed by atoms with Crippen LogP contribution in [0.4, 0.5) is 0 Å². The van der Waals surface area contributed by atoms with Crippen LogP contribution >= 0.6 is 0 Å². The van der Waals surface area contributed by atoms with Crippen molar-refractivity contribution in [1.29, 1.82) is 0 Å². The molecule has 2 N–H and O–H groups in total. The fourth-order valence-electron chi connectivity index (χ4n) is 2.37. The van der Waals surface area contributed by atoms with Gasteiger partial charge in [0.1, 0.15) is 5.75 Å². The first-order valence-electron chi connectivity index (χ1n) is 7.08. The van der Waals surface area contributed by atoms with Crippen molar-refractivity contribution in [2.45, 2.75) is 39.8 Å². The molecule has 20 heavy (non-hydrogen) atoms. The molecule has 0 fully saturated rings. The van der Waals surface area contributed by atoms with E-state index in [1.54, 1.807) is 25.3 Å². The largest absolute Gasteiger partial charge is 0.496 e. The van der Waals surface area contributed by atoms with Crippen molar-refractivity contribution < 1.29 is 14.8 Å². The standard InChI is InChI=1S/C15H26BNO3/c1-11(2)8-12(3)17(4)10-13-9-14(16(18)19)6-7-15(13)20-5/h6-7,9,11-12,18-19H,8,10H2,1-5H3. The fraction of sp³-hybridized carbons (Fsp3) is 0.600. The van der Waals surface area contributed by atoms with Gasteiger partial charge in [0, 0.05) is 18.2 Å². The van der Waals surface area contributed by atoms with E-state index in [1.807, 2.05) is 0 Å². The highest BCUT2D eigenvalue weighted by molar-refractivity contribution is 6.58. The van der Waals surface area contributed by atoms with Crippen LogP contribution in [0.3, 0.4) is 0 Å². The number of methoxy groups -OCH3 is 1. The van der Waals surface area contributed by atoms with Gasteiger partial charge in [0.25, 0.3) is 0 Å². The number of nitrogens with zero attached hydrogens (tertiary/aromatic N) is 1. The molecule has 1 atom stereocenters. The summed E-state index contributed by atoms with van der Waals surface area (Å²) in [5.74, 6) is 1.43. The summed E-state index contributed by atoms with van der Waals surface area (Å²) in [5.41, 5.74) is 1.46. The Labute approximate surface area is 122 Å². The molecule has 0 amide bonds. The third-order valence-electron chi connectivity index (χ3n) is 3.59. The van der Waals surface area contributed by atoms with E-state index >= 15 is 0 Å². The molecule has 0 aliphatic heterocycles. The van der Waals surface area contributed by atoms with E-state index in [0.717, 1.165) is 24.3 Å². The van der Waals surface area contributed by atoms with E-state index < -0.39 is 7.12 Å². The van der Waals surface area contributed by atoms with Gasteiger partial charge in [-0.1, -0.05) is 26.0 Å². The van der Waals surface area contributed by atoms with E-state index in [4.69, 9.17) is 4.74 Å². The van der Waals surface area contributed by atoms with Crippen molar-refractivity contribution in [2.24, 2.45) is 5.92 Å². The molecule has 0 aromatic heterocycles. The molecular formula is C15H26BNO3. The summed E-state index contributed by atoms with van der Waals surface area (Å²) in [5, 5.41) is 18.6. The van der Waals surface area contributed by atoms with E-state index in [9.17, 15) is 10.0 Å². The van der Waals surface area contributed by atoms with E-state index in [0.29, 0.717) is 17.4 Å². The molecule has 4 nitrogen and oxygen atoms in total. The van der Waals surface area contributed by atoms with E-state index in [2.05, 4.69) is 32.7 Å². The summed E-state index contributed by atoms with van der Waals surface area (Å²) in [6.07, 6.45) is 1.13. The van der Waals surface area contributed by atoms with Crippen LogP contribution in [0.2, 0.25) is 0 Å². The highest BCUT2D eigenvalue weighted by atomic mass is 16.5. The van der Waals surface area contributed by atoms with Crippen LogP contribution in [0.25, 0.3) is 0 Å². The van der Waals surface area contributed by atoms with Crippen LogP contribution in [-0.2, 0) is 6.54 Å². The first kappa shape index (κ1) is 17.0. The topological polar surface area (TPSA) is 52.9 Å². The Kier molecular flexibility index (Phi) is 6.53. The summed E-state index contributed by atoms with van der Waals surface area (Å²) in [7, 11) is 2.26. The van der Waals surface area contributed by atoms with E-state index in [1.165, 1.54) is 0 Å².